The largest absolute Gasteiger partial charge is 0.353 e. The number of anilines is 1. The van der Waals surface area contributed by atoms with Crippen LogP contribution in [0.25, 0.3) is 0 Å². The van der Waals surface area contributed by atoms with E-state index in [0.29, 0.717) is 42.4 Å². The van der Waals surface area contributed by atoms with Crippen molar-refractivity contribution in [2.24, 2.45) is 5.41 Å². The van der Waals surface area contributed by atoms with Gasteiger partial charge in [0.05, 0.1) is 5.75 Å². The molecule has 1 aliphatic carbocycles. The summed E-state index contributed by atoms with van der Waals surface area (Å²) in [7, 11) is 0. The maximum atomic E-state index is 12.7. The summed E-state index contributed by atoms with van der Waals surface area (Å²) < 4.78 is 0. The molecule has 32 heavy (non-hydrogen) atoms. The predicted molar refractivity (Wildman–Crippen MR) is 130 cm³/mol. The molecule has 2 amide bonds. The topological polar surface area (TPSA) is 78.4 Å². The average Bonchev–Trinajstić information content (AvgIpc) is 2.71. The van der Waals surface area contributed by atoms with Gasteiger partial charge in [0, 0.05) is 44.2 Å². The Morgan fingerprint density at radius 1 is 1.19 bits per heavy atom. The number of piperazine rings is 1. The van der Waals surface area contributed by atoms with E-state index in [9.17, 15) is 9.59 Å². The van der Waals surface area contributed by atoms with Gasteiger partial charge in [0.2, 0.25) is 11.8 Å². The third kappa shape index (κ3) is 7.51. The van der Waals surface area contributed by atoms with Crippen LogP contribution in [0.5, 0.6) is 0 Å². The number of nitrogens with zero attached hydrogens (tertiary/aromatic N) is 4. The van der Waals surface area contributed by atoms with E-state index in [1.54, 1.807) is 6.07 Å². The van der Waals surface area contributed by atoms with Crippen molar-refractivity contribution in [2.75, 3.05) is 30.3 Å². The lowest BCUT2D eigenvalue weighted by molar-refractivity contribution is -0.135. The van der Waals surface area contributed by atoms with Crippen molar-refractivity contribution in [1.29, 1.82) is 0 Å². The van der Waals surface area contributed by atoms with Gasteiger partial charge in [0.1, 0.15) is 11.0 Å². The molecule has 0 aromatic carbocycles. The van der Waals surface area contributed by atoms with E-state index in [1.807, 2.05) is 4.90 Å². The van der Waals surface area contributed by atoms with Gasteiger partial charge in [0.25, 0.3) is 0 Å². The Hall–Kier alpha value is -1.54. The second-order valence-electron chi connectivity index (χ2n) is 10.1. The van der Waals surface area contributed by atoms with Gasteiger partial charge in [-0.25, -0.2) is 9.97 Å². The van der Waals surface area contributed by atoms with Gasteiger partial charge in [-0.3, -0.25) is 9.59 Å². The fourth-order valence-corrected chi connectivity index (χ4v) is 5.24. The Morgan fingerprint density at radius 3 is 2.56 bits per heavy atom. The fourth-order valence-electron chi connectivity index (χ4n) is 4.35. The molecule has 1 unspecified atom stereocenters. The van der Waals surface area contributed by atoms with Crippen LogP contribution >= 0.6 is 23.4 Å². The highest BCUT2D eigenvalue weighted by Gasteiger charge is 2.30. The number of halogens is 1. The Balaban J connectivity index is 1.56. The van der Waals surface area contributed by atoms with Crippen LogP contribution in [0.4, 0.5) is 5.82 Å². The van der Waals surface area contributed by atoms with Gasteiger partial charge in [-0.2, -0.15) is 0 Å². The Labute approximate surface area is 201 Å². The summed E-state index contributed by atoms with van der Waals surface area (Å²) in [6, 6.07) is 2.14. The molecule has 2 heterocycles. The smallest absolute Gasteiger partial charge is 0.230 e. The predicted octanol–water partition coefficient (Wildman–Crippen LogP) is 4.14. The third-order valence-electron chi connectivity index (χ3n) is 5.92. The summed E-state index contributed by atoms with van der Waals surface area (Å²) in [5.74, 6) is 1.24. The second kappa shape index (κ2) is 11.1. The molecule has 9 heteroatoms. The molecule has 0 bridgehead atoms. The maximum Gasteiger partial charge on any atom is 0.230 e. The van der Waals surface area contributed by atoms with Crippen molar-refractivity contribution < 1.29 is 9.59 Å². The van der Waals surface area contributed by atoms with E-state index in [4.69, 9.17) is 11.6 Å². The molecule has 2 fully saturated rings. The van der Waals surface area contributed by atoms with E-state index < -0.39 is 0 Å². The van der Waals surface area contributed by atoms with Crippen LogP contribution in [0, 0.1) is 5.41 Å². The first kappa shape index (κ1) is 25.1. The molecule has 178 valence electrons. The third-order valence-corrected chi connectivity index (χ3v) is 6.96. The van der Waals surface area contributed by atoms with Crippen LogP contribution in [0.3, 0.4) is 0 Å². The van der Waals surface area contributed by atoms with Crippen LogP contribution in [0.15, 0.2) is 11.2 Å². The van der Waals surface area contributed by atoms with E-state index in [0.717, 1.165) is 18.7 Å². The van der Waals surface area contributed by atoms with Crippen LogP contribution in [-0.2, 0) is 9.59 Å². The molecular formula is C23H36ClN5O2S. The first-order valence-electron chi connectivity index (χ1n) is 11.6. The minimum absolute atomic E-state index is 0.0200. The number of rotatable bonds is 6. The van der Waals surface area contributed by atoms with Gasteiger partial charge in [-0.15, -0.1) is 0 Å². The lowest BCUT2D eigenvalue weighted by Gasteiger charge is -2.41. The summed E-state index contributed by atoms with van der Waals surface area (Å²) in [6.07, 6.45) is 6.31. The molecule has 7 nitrogen and oxygen atoms in total. The quantitative estimate of drug-likeness (QED) is 0.373. The van der Waals surface area contributed by atoms with E-state index >= 15 is 0 Å². The summed E-state index contributed by atoms with van der Waals surface area (Å²) >= 11 is 7.58. The molecule has 0 spiro atoms. The number of nitrogens with one attached hydrogen (secondary N) is 1. The molecule has 1 atom stereocenters. The maximum absolute atomic E-state index is 12.7. The van der Waals surface area contributed by atoms with Gasteiger partial charge in [-0.1, -0.05) is 63.4 Å². The molecular weight excluding hydrogens is 446 g/mol. The molecule has 1 aliphatic heterocycles. The standard InChI is InChI=1S/C23H36ClN5O2S/c1-16-14-28(10-11-29(16)21(31)13-23(2,3)4)19-12-18(24)26-22(27-19)32-15-20(30)25-17-8-6-5-7-9-17/h12,16-17H,5-11,13-15H2,1-4H3,(H,25,30). The van der Waals surface area contributed by atoms with Crippen LogP contribution in [0.1, 0.15) is 66.2 Å². The van der Waals surface area contributed by atoms with Crippen molar-refractivity contribution in [1.82, 2.24) is 20.2 Å². The van der Waals surface area contributed by atoms with Crippen LogP contribution in [-0.4, -0.2) is 64.2 Å². The molecule has 1 saturated heterocycles. The summed E-state index contributed by atoms with van der Waals surface area (Å²) in [4.78, 5) is 38.1. The number of carbonyl (C=O) groups is 2. The van der Waals surface area contributed by atoms with E-state index in [1.165, 1.54) is 31.0 Å². The Morgan fingerprint density at radius 2 is 1.91 bits per heavy atom. The fraction of sp³-hybridized carbons (Fsp3) is 0.739. The summed E-state index contributed by atoms with van der Waals surface area (Å²) in [5.41, 5.74) is -0.0243. The minimum Gasteiger partial charge on any atom is -0.353 e. The van der Waals surface area contributed by atoms with Crippen LogP contribution in [0.2, 0.25) is 5.15 Å². The second-order valence-corrected chi connectivity index (χ2v) is 11.5. The van der Waals surface area contributed by atoms with Gasteiger partial charge in [-0.05, 0) is 25.2 Å². The number of hydrogen-bond donors (Lipinski definition) is 1. The van der Waals surface area contributed by atoms with Crippen molar-refractivity contribution in [3.05, 3.63) is 11.2 Å². The molecule has 1 N–H and O–H groups in total. The monoisotopic (exact) mass is 481 g/mol. The molecule has 2 aliphatic rings. The number of thioether (sulfide) groups is 1. The Kier molecular flexibility index (Phi) is 8.67. The van der Waals surface area contributed by atoms with Crippen molar-refractivity contribution >= 4 is 41.0 Å². The minimum atomic E-state index is -0.0243. The van der Waals surface area contributed by atoms with Gasteiger partial charge < -0.3 is 15.1 Å². The molecule has 1 saturated carbocycles. The Bertz CT molecular complexity index is 810. The van der Waals surface area contributed by atoms with Crippen LogP contribution < -0.4 is 10.2 Å². The van der Waals surface area contributed by atoms with Crippen molar-refractivity contribution in [3.8, 4) is 0 Å². The lowest BCUT2D eigenvalue weighted by Crippen LogP contribution is -2.54. The zero-order valence-electron chi connectivity index (χ0n) is 19.7. The SMILES string of the molecule is CC1CN(c2cc(Cl)nc(SCC(=O)NC3CCCCC3)n2)CCN1C(=O)CC(C)(C)C. The zero-order chi connectivity index (χ0) is 23.3. The van der Waals surface area contributed by atoms with Gasteiger partial charge >= 0.3 is 0 Å². The summed E-state index contributed by atoms with van der Waals surface area (Å²) in [5, 5.41) is 3.99. The van der Waals surface area contributed by atoms with E-state index in [-0.39, 0.29) is 29.0 Å². The molecule has 3 rings (SSSR count). The molecule has 0 radical (unpaired) electrons. The zero-order valence-corrected chi connectivity index (χ0v) is 21.3. The molecule has 1 aromatic heterocycles. The lowest BCUT2D eigenvalue weighted by atomic mass is 9.91. The number of amides is 2. The molecule has 1 aromatic rings. The van der Waals surface area contributed by atoms with Crippen molar-refractivity contribution in [2.45, 2.75) is 83.5 Å². The highest BCUT2D eigenvalue weighted by atomic mass is 35.5. The number of aromatic nitrogens is 2. The van der Waals surface area contributed by atoms with Crippen molar-refractivity contribution in [3.63, 3.8) is 0 Å². The first-order chi connectivity index (χ1) is 15.1. The summed E-state index contributed by atoms with van der Waals surface area (Å²) in [6.45, 7) is 10.4. The number of carbonyl (C=O) groups excluding carboxylic acids is 2. The first-order valence-corrected chi connectivity index (χ1v) is 13.0. The highest BCUT2D eigenvalue weighted by Crippen LogP contribution is 2.26. The van der Waals surface area contributed by atoms with E-state index in [2.05, 4.69) is 47.9 Å². The van der Waals surface area contributed by atoms with Gasteiger partial charge in [0.15, 0.2) is 5.16 Å². The highest BCUT2D eigenvalue weighted by molar-refractivity contribution is 7.99. The number of hydrogen-bond acceptors (Lipinski definition) is 6. The average molecular weight is 482 g/mol. The normalized spacial score (nSPS) is 20.3.